The fourth-order valence-corrected chi connectivity index (χ4v) is 3.80. The molecule has 1 aliphatic heterocycles. The van der Waals surface area contributed by atoms with E-state index in [9.17, 15) is 4.79 Å². The van der Waals surface area contributed by atoms with E-state index >= 15 is 0 Å². The van der Waals surface area contributed by atoms with Crippen LogP contribution in [-0.2, 0) is 4.74 Å². The maximum atomic E-state index is 13.0. The standard InChI is InChI=1S/C22H23ClN6O2/c1-14-11-20(29(27-14)17-4-2-3-15(12-17)21(24)25)22(30)26-16-5-6-19(18(23)13-16)28-7-9-31-10-8-28/h2-6,11-13H,7-10H2,1H3,(H3,24,25)(H,26,30). The van der Waals surface area contributed by atoms with Crippen molar-refractivity contribution in [3.63, 3.8) is 0 Å². The van der Waals surface area contributed by atoms with Gasteiger partial charge in [0.15, 0.2) is 0 Å². The Balaban J connectivity index is 1.58. The lowest BCUT2D eigenvalue weighted by Crippen LogP contribution is -2.36. The Kier molecular flexibility index (Phi) is 5.92. The number of nitrogens with two attached hydrogens (primary N) is 1. The molecule has 31 heavy (non-hydrogen) atoms. The summed E-state index contributed by atoms with van der Waals surface area (Å²) in [5.74, 6) is -0.365. The van der Waals surface area contributed by atoms with E-state index in [1.807, 2.05) is 25.1 Å². The number of nitrogens with zero attached hydrogens (tertiary/aromatic N) is 3. The average molecular weight is 439 g/mol. The number of hydrogen-bond acceptors (Lipinski definition) is 5. The second-order valence-electron chi connectivity index (χ2n) is 7.27. The molecule has 8 nitrogen and oxygen atoms in total. The van der Waals surface area contributed by atoms with E-state index in [-0.39, 0.29) is 11.7 Å². The Morgan fingerprint density at radius 2 is 1.97 bits per heavy atom. The summed E-state index contributed by atoms with van der Waals surface area (Å²) in [5, 5.41) is 15.5. The summed E-state index contributed by atoms with van der Waals surface area (Å²) in [6.45, 7) is 4.72. The summed E-state index contributed by atoms with van der Waals surface area (Å²) in [6.07, 6.45) is 0. The maximum absolute atomic E-state index is 13.0. The molecule has 4 rings (SSSR count). The molecule has 0 bridgehead atoms. The van der Waals surface area contributed by atoms with Crippen LogP contribution in [0.5, 0.6) is 0 Å². The van der Waals surface area contributed by atoms with Gasteiger partial charge in [0.05, 0.1) is 35.3 Å². The number of nitrogen functional groups attached to an aromatic ring is 1. The third-order valence-corrected chi connectivity index (χ3v) is 5.33. The van der Waals surface area contributed by atoms with E-state index in [0.717, 1.165) is 18.8 Å². The van der Waals surface area contributed by atoms with Gasteiger partial charge in [0.2, 0.25) is 0 Å². The van der Waals surface area contributed by atoms with Crippen molar-refractivity contribution in [2.24, 2.45) is 5.73 Å². The lowest BCUT2D eigenvalue weighted by atomic mass is 10.2. The summed E-state index contributed by atoms with van der Waals surface area (Å²) in [4.78, 5) is 15.2. The number of hydrogen-bond donors (Lipinski definition) is 3. The molecule has 1 aromatic heterocycles. The van der Waals surface area contributed by atoms with E-state index in [2.05, 4.69) is 15.3 Å². The van der Waals surface area contributed by atoms with Gasteiger partial charge in [0, 0.05) is 24.3 Å². The number of ether oxygens (including phenoxy) is 1. The van der Waals surface area contributed by atoms with Gasteiger partial charge in [-0.05, 0) is 43.3 Å². The Morgan fingerprint density at radius 1 is 1.19 bits per heavy atom. The van der Waals surface area contributed by atoms with Crippen LogP contribution in [-0.4, -0.2) is 47.8 Å². The Morgan fingerprint density at radius 3 is 2.68 bits per heavy atom. The Labute approximate surface area is 185 Å². The SMILES string of the molecule is Cc1cc(C(=O)Nc2ccc(N3CCOCC3)c(Cl)c2)n(-c2cccc(C(=N)N)c2)n1. The number of amides is 1. The molecule has 2 aromatic carbocycles. The Bertz CT molecular complexity index is 1140. The monoisotopic (exact) mass is 438 g/mol. The van der Waals surface area contributed by atoms with Gasteiger partial charge in [0.25, 0.3) is 5.91 Å². The zero-order valence-corrected chi connectivity index (χ0v) is 17.8. The minimum absolute atomic E-state index is 0.0493. The van der Waals surface area contributed by atoms with Crippen molar-refractivity contribution in [1.82, 2.24) is 9.78 Å². The topological polar surface area (TPSA) is 109 Å². The van der Waals surface area contributed by atoms with Crippen molar-refractivity contribution in [2.75, 3.05) is 36.5 Å². The molecule has 0 aliphatic carbocycles. The molecule has 1 amide bonds. The maximum Gasteiger partial charge on any atom is 0.274 e. The molecule has 2 heterocycles. The van der Waals surface area contributed by atoms with Crippen molar-refractivity contribution < 1.29 is 9.53 Å². The van der Waals surface area contributed by atoms with Crippen molar-refractivity contribution in [1.29, 1.82) is 5.41 Å². The van der Waals surface area contributed by atoms with E-state index in [4.69, 9.17) is 27.5 Å². The minimum Gasteiger partial charge on any atom is -0.384 e. The van der Waals surface area contributed by atoms with Gasteiger partial charge in [0.1, 0.15) is 11.5 Å². The first-order chi connectivity index (χ1) is 14.9. The number of amidine groups is 1. The van der Waals surface area contributed by atoms with Gasteiger partial charge in [-0.15, -0.1) is 0 Å². The van der Waals surface area contributed by atoms with Gasteiger partial charge in [-0.2, -0.15) is 5.10 Å². The highest BCUT2D eigenvalue weighted by Crippen LogP contribution is 2.29. The number of morpholine rings is 1. The molecule has 0 radical (unpaired) electrons. The quantitative estimate of drug-likeness (QED) is 0.418. The number of carbonyl (C=O) groups excluding carboxylic acids is 1. The molecule has 0 atom stereocenters. The van der Waals surface area contributed by atoms with Gasteiger partial charge in [-0.1, -0.05) is 23.7 Å². The second-order valence-corrected chi connectivity index (χ2v) is 7.67. The summed E-state index contributed by atoms with van der Waals surface area (Å²) in [7, 11) is 0. The van der Waals surface area contributed by atoms with Crippen molar-refractivity contribution in [3.8, 4) is 5.69 Å². The molecular weight excluding hydrogens is 416 g/mol. The first kappa shape index (κ1) is 20.9. The molecule has 0 saturated carbocycles. The van der Waals surface area contributed by atoms with Gasteiger partial charge in [-0.25, -0.2) is 4.68 Å². The van der Waals surface area contributed by atoms with Gasteiger partial charge >= 0.3 is 0 Å². The predicted octanol–water partition coefficient (Wildman–Crippen LogP) is 3.21. The van der Waals surface area contributed by atoms with Crippen molar-refractivity contribution >= 4 is 34.7 Å². The van der Waals surface area contributed by atoms with Crippen LogP contribution >= 0.6 is 11.6 Å². The van der Waals surface area contributed by atoms with Crippen LogP contribution < -0.4 is 16.0 Å². The van der Waals surface area contributed by atoms with E-state index in [1.54, 1.807) is 35.0 Å². The first-order valence-electron chi connectivity index (χ1n) is 9.87. The zero-order chi connectivity index (χ0) is 22.0. The average Bonchev–Trinajstić information content (AvgIpc) is 3.16. The van der Waals surface area contributed by atoms with Crippen LogP contribution in [0.2, 0.25) is 5.02 Å². The lowest BCUT2D eigenvalue weighted by molar-refractivity contribution is 0.101. The highest BCUT2D eigenvalue weighted by atomic mass is 35.5. The summed E-state index contributed by atoms with van der Waals surface area (Å²) >= 11 is 6.49. The van der Waals surface area contributed by atoms with Crippen LogP contribution in [0.4, 0.5) is 11.4 Å². The lowest BCUT2D eigenvalue weighted by Gasteiger charge is -2.29. The van der Waals surface area contributed by atoms with Crippen molar-refractivity contribution in [2.45, 2.75) is 6.92 Å². The third kappa shape index (κ3) is 4.55. The molecule has 1 fully saturated rings. The molecule has 0 spiro atoms. The smallest absolute Gasteiger partial charge is 0.274 e. The highest BCUT2D eigenvalue weighted by Gasteiger charge is 2.18. The number of halogens is 1. The molecule has 160 valence electrons. The number of nitrogens with one attached hydrogen (secondary N) is 2. The van der Waals surface area contributed by atoms with Crippen LogP contribution in [0.1, 0.15) is 21.7 Å². The molecule has 9 heteroatoms. The van der Waals surface area contributed by atoms with E-state index in [0.29, 0.717) is 46.6 Å². The molecule has 3 aromatic rings. The number of anilines is 2. The second kappa shape index (κ2) is 8.79. The molecule has 1 saturated heterocycles. The van der Waals surface area contributed by atoms with E-state index in [1.165, 1.54) is 0 Å². The number of carbonyl (C=O) groups is 1. The molecule has 4 N–H and O–H groups in total. The predicted molar refractivity (Wildman–Crippen MR) is 122 cm³/mol. The zero-order valence-electron chi connectivity index (χ0n) is 17.1. The number of rotatable bonds is 5. The fourth-order valence-electron chi connectivity index (χ4n) is 3.50. The molecular formula is C22H23ClN6O2. The van der Waals surface area contributed by atoms with Crippen LogP contribution in [0.3, 0.4) is 0 Å². The Hall–Kier alpha value is -3.36. The van der Waals surface area contributed by atoms with Crippen LogP contribution in [0.25, 0.3) is 5.69 Å². The summed E-state index contributed by atoms with van der Waals surface area (Å²) in [6, 6.07) is 14.2. The largest absolute Gasteiger partial charge is 0.384 e. The molecule has 1 aliphatic rings. The normalized spacial score (nSPS) is 13.8. The number of aromatic nitrogens is 2. The number of aryl methyl sites for hydroxylation is 1. The summed E-state index contributed by atoms with van der Waals surface area (Å²) < 4.78 is 6.93. The van der Waals surface area contributed by atoms with Gasteiger partial charge in [-0.3, -0.25) is 10.2 Å². The number of benzene rings is 2. The summed E-state index contributed by atoms with van der Waals surface area (Å²) in [5.41, 5.74) is 9.38. The van der Waals surface area contributed by atoms with Crippen LogP contribution in [0, 0.1) is 12.3 Å². The molecule has 0 unspecified atom stereocenters. The third-order valence-electron chi connectivity index (χ3n) is 5.02. The minimum atomic E-state index is -0.316. The van der Waals surface area contributed by atoms with Crippen LogP contribution in [0.15, 0.2) is 48.5 Å². The fraction of sp³-hybridized carbons (Fsp3) is 0.227. The first-order valence-corrected chi connectivity index (χ1v) is 10.3. The van der Waals surface area contributed by atoms with Crippen molar-refractivity contribution in [3.05, 3.63) is 70.5 Å². The van der Waals surface area contributed by atoms with E-state index < -0.39 is 0 Å². The highest BCUT2D eigenvalue weighted by molar-refractivity contribution is 6.33. The van der Waals surface area contributed by atoms with Gasteiger partial charge < -0.3 is 20.7 Å².